The van der Waals surface area contributed by atoms with Crippen LogP contribution in [0.15, 0.2) is 0 Å². The van der Waals surface area contributed by atoms with Crippen molar-refractivity contribution in [2.45, 2.75) is 58.5 Å². The van der Waals surface area contributed by atoms with Gasteiger partial charge in [-0.25, -0.2) is 5.84 Å². The van der Waals surface area contributed by atoms with E-state index < -0.39 is 0 Å². The van der Waals surface area contributed by atoms with Gasteiger partial charge in [0.2, 0.25) is 5.13 Å². The lowest BCUT2D eigenvalue weighted by Gasteiger charge is -2.28. The van der Waals surface area contributed by atoms with E-state index in [4.69, 9.17) is 5.84 Å². The van der Waals surface area contributed by atoms with Gasteiger partial charge in [0, 0.05) is 6.04 Å². The van der Waals surface area contributed by atoms with Gasteiger partial charge in [0.25, 0.3) is 0 Å². The Labute approximate surface area is 119 Å². The van der Waals surface area contributed by atoms with Crippen LogP contribution in [0, 0.1) is 5.92 Å². The standard InChI is InChI=1S/C13H25N5S/c1-10(2)7-8-18(11-5-3-4-6-11)9-12-16-17-13(15-14)19-12/h10-11H,3-9,14H2,1-2H3,(H,15,17). The van der Waals surface area contributed by atoms with Crippen LogP contribution in [0.3, 0.4) is 0 Å². The van der Waals surface area contributed by atoms with E-state index in [9.17, 15) is 0 Å². The van der Waals surface area contributed by atoms with Crippen LogP contribution >= 0.6 is 11.3 Å². The summed E-state index contributed by atoms with van der Waals surface area (Å²) in [7, 11) is 0. The predicted octanol–water partition coefficient (Wildman–Crippen LogP) is 2.61. The number of rotatable bonds is 7. The molecule has 2 rings (SSSR count). The van der Waals surface area contributed by atoms with Crippen LogP contribution < -0.4 is 11.3 Å². The van der Waals surface area contributed by atoms with Crippen LogP contribution in [0.1, 0.15) is 51.0 Å². The van der Waals surface area contributed by atoms with Gasteiger partial charge in [-0.2, -0.15) is 0 Å². The zero-order chi connectivity index (χ0) is 13.7. The largest absolute Gasteiger partial charge is 0.298 e. The molecular weight excluding hydrogens is 258 g/mol. The summed E-state index contributed by atoms with van der Waals surface area (Å²) < 4.78 is 0. The fourth-order valence-electron chi connectivity index (χ4n) is 2.63. The molecule has 1 heterocycles. The highest BCUT2D eigenvalue weighted by atomic mass is 32.1. The Hall–Kier alpha value is -0.720. The Bertz CT molecular complexity index is 373. The van der Waals surface area contributed by atoms with Gasteiger partial charge >= 0.3 is 0 Å². The summed E-state index contributed by atoms with van der Waals surface area (Å²) in [5.74, 6) is 6.11. The van der Waals surface area contributed by atoms with Gasteiger partial charge in [0.1, 0.15) is 5.01 Å². The number of nitrogens with two attached hydrogens (primary N) is 1. The Kier molecular flexibility index (Phi) is 5.54. The molecule has 0 radical (unpaired) electrons. The molecule has 1 saturated carbocycles. The van der Waals surface area contributed by atoms with Gasteiger partial charge in [-0.15, -0.1) is 10.2 Å². The molecule has 19 heavy (non-hydrogen) atoms. The van der Waals surface area contributed by atoms with Crippen LogP contribution in [0.25, 0.3) is 0 Å². The Balaban J connectivity index is 1.95. The summed E-state index contributed by atoms with van der Waals surface area (Å²) in [5.41, 5.74) is 2.57. The van der Waals surface area contributed by atoms with Gasteiger partial charge in [0.15, 0.2) is 0 Å². The predicted molar refractivity (Wildman–Crippen MR) is 79.8 cm³/mol. The van der Waals surface area contributed by atoms with Gasteiger partial charge < -0.3 is 0 Å². The SMILES string of the molecule is CC(C)CCN(Cc1nnc(NN)s1)C1CCCC1. The maximum Gasteiger partial charge on any atom is 0.219 e. The molecule has 1 aromatic heterocycles. The number of nitrogens with one attached hydrogen (secondary N) is 1. The molecule has 5 nitrogen and oxygen atoms in total. The van der Waals surface area contributed by atoms with E-state index in [1.54, 1.807) is 11.3 Å². The topological polar surface area (TPSA) is 67.1 Å². The molecule has 0 unspecified atom stereocenters. The van der Waals surface area contributed by atoms with E-state index in [2.05, 4.69) is 34.4 Å². The molecule has 1 aliphatic carbocycles. The highest BCUT2D eigenvalue weighted by Crippen LogP contribution is 2.26. The first-order chi connectivity index (χ1) is 9.19. The summed E-state index contributed by atoms with van der Waals surface area (Å²) in [6.07, 6.45) is 6.65. The van der Waals surface area contributed by atoms with Crippen LogP contribution in [-0.4, -0.2) is 27.7 Å². The average molecular weight is 283 g/mol. The summed E-state index contributed by atoms with van der Waals surface area (Å²) in [4.78, 5) is 2.59. The molecule has 1 fully saturated rings. The van der Waals surface area contributed by atoms with E-state index >= 15 is 0 Å². The van der Waals surface area contributed by atoms with Crippen molar-refractivity contribution in [1.29, 1.82) is 0 Å². The number of aromatic nitrogens is 2. The lowest BCUT2D eigenvalue weighted by molar-refractivity contribution is 0.179. The van der Waals surface area contributed by atoms with Crippen LogP contribution in [0.4, 0.5) is 5.13 Å². The summed E-state index contributed by atoms with van der Waals surface area (Å²) in [6.45, 7) is 6.65. The fourth-order valence-corrected chi connectivity index (χ4v) is 3.31. The van der Waals surface area contributed by atoms with Crippen LogP contribution in [0.5, 0.6) is 0 Å². The third-order valence-electron chi connectivity index (χ3n) is 3.76. The zero-order valence-electron chi connectivity index (χ0n) is 11.9. The molecule has 1 aromatic rings. The molecule has 3 N–H and O–H groups in total. The quantitative estimate of drug-likeness (QED) is 0.595. The molecule has 1 aliphatic rings. The number of hydrogen-bond acceptors (Lipinski definition) is 6. The van der Waals surface area contributed by atoms with Crippen molar-refractivity contribution in [3.63, 3.8) is 0 Å². The Morgan fingerprint density at radius 1 is 1.37 bits per heavy atom. The zero-order valence-corrected chi connectivity index (χ0v) is 12.7. The molecule has 108 valence electrons. The smallest absolute Gasteiger partial charge is 0.219 e. The Morgan fingerprint density at radius 2 is 2.11 bits per heavy atom. The average Bonchev–Trinajstić information content (AvgIpc) is 3.05. The molecule has 0 aliphatic heterocycles. The number of hydrazine groups is 1. The molecule has 0 amide bonds. The van der Waals surface area contributed by atoms with Gasteiger partial charge in [0.05, 0.1) is 6.54 Å². The number of anilines is 1. The van der Waals surface area contributed by atoms with E-state index in [1.807, 2.05) is 0 Å². The summed E-state index contributed by atoms with van der Waals surface area (Å²) >= 11 is 1.55. The Morgan fingerprint density at radius 3 is 2.68 bits per heavy atom. The first-order valence-corrected chi connectivity index (χ1v) is 8.03. The fraction of sp³-hybridized carbons (Fsp3) is 0.846. The second kappa shape index (κ2) is 7.17. The number of nitrogens with zero attached hydrogens (tertiary/aromatic N) is 3. The monoisotopic (exact) mass is 283 g/mol. The first kappa shape index (κ1) is 14.7. The van der Waals surface area contributed by atoms with Crippen molar-refractivity contribution < 1.29 is 0 Å². The van der Waals surface area contributed by atoms with Crippen LogP contribution in [0.2, 0.25) is 0 Å². The minimum Gasteiger partial charge on any atom is -0.298 e. The third-order valence-corrected chi connectivity index (χ3v) is 4.60. The van der Waals surface area contributed by atoms with Gasteiger partial charge in [-0.1, -0.05) is 38.0 Å². The van der Waals surface area contributed by atoms with Gasteiger partial charge in [-0.3, -0.25) is 10.3 Å². The maximum atomic E-state index is 5.36. The maximum absolute atomic E-state index is 5.36. The highest BCUT2D eigenvalue weighted by molar-refractivity contribution is 7.15. The second-order valence-electron chi connectivity index (χ2n) is 5.74. The van der Waals surface area contributed by atoms with Crippen molar-refractivity contribution in [1.82, 2.24) is 15.1 Å². The van der Waals surface area contributed by atoms with Gasteiger partial charge in [-0.05, 0) is 31.7 Å². The minimum absolute atomic E-state index is 0.699. The summed E-state index contributed by atoms with van der Waals surface area (Å²) in [6, 6.07) is 0.733. The van der Waals surface area contributed by atoms with E-state index in [-0.39, 0.29) is 0 Å². The van der Waals surface area contributed by atoms with E-state index in [0.717, 1.165) is 30.1 Å². The molecule has 0 saturated heterocycles. The summed E-state index contributed by atoms with van der Waals surface area (Å²) in [5, 5.41) is 9.98. The van der Waals surface area contributed by atoms with E-state index in [1.165, 1.54) is 32.1 Å². The molecule has 0 spiro atoms. The van der Waals surface area contributed by atoms with Crippen molar-refractivity contribution >= 4 is 16.5 Å². The van der Waals surface area contributed by atoms with Crippen molar-refractivity contribution in [3.05, 3.63) is 5.01 Å². The third kappa shape index (κ3) is 4.40. The molecule has 0 bridgehead atoms. The van der Waals surface area contributed by atoms with Crippen molar-refractivity contribution in [3.8, 4) is 0 Å². The lowest BCUT2D eigenvalue weighted by Crippen LogP contribution is -2.34. The number of nitrogen functional groups attached to an aromatic ring is 1. The molecule has 0 aromatic carbocycles. The van der Waals surface area contributed by atoms with Crippen LogP contribution in [-0.2, 0) is 6.54 Å². The normalized spacial score (nSPS) is 16.7. The number of hydrogen-bond donors (Lipinski definition) is 2. The lowest BCUT2D eigenvalue weighted by atomic mass is 10.1. The second-order valence-corrected chi connectivity index (χ2v) is 6.80. The highest BCUT2D eigenvalue weighted by Gasteiger charge is 2.23. The molecular formula is C13H25N5S. The first-order valence-electron chi connectivity index (χ1n) is 7.22. The van der Waals surface area contributed by atoms with Crippen molar-refractivity contribution in [2.75, 3.05) is 12.0 Å². The molecule has 0 atom stereocenters. The van der Waals surface area contributed by atoms with Crippen molar-refractivity contribution in [2.24, 2.45) is 11.8 Å². The van der Waals surface area contributed by atoms with E-state index in [0.29, 0.717) is 5.13 Å². The minimum atomic E-state index is 0.699. The molecule has 6 heteroatoms.